The predicted octanol–water partition coefficient (Wildman–Crippen LogP) is 1.15. The highest BCUT2D eigenvalue weighted by Gasteiger charge is 2.36. The van der Waals surface area contributed by atoms with Gasteiger partial charge in [0, 0.05) is 12.5 Å². The van der Waals surface area contributed by atoms with Crippen LogP contribution in [0.25, 0.3) is 0 Å². The van der Waals surface area contributed by atoms with Gasteiger partial charge in [-0.05, 0) is 32.6 Å². The molecule has 0 aromatic heterocycles. The van der Waals surface area contributed by atoms with Crippen LogP contribution in [0.3, 0.4) is 0 Å². The molecule has 0 aromatic carbocycles. The van der Waals surface area contributed by atoms with Crippen LogP contribution in [0, 0.1) is 5.92 Å². The van der Waals surface area contributed by atoms with Crippen molar-refractivity contribution in [2.75, 3.05) is 6.54 Å². The summed E-state index contributed by atoms with van der Waals surface area (Å²) in [6.07, 6.45) is 6.26. The summed E-state index contributed by atoms with van der Waals surface area (Å²) in [5.74, 6) is -1.32. The zero-order valence-electron chi connectivity index (χ0n) is 12.5. The summed E-state index contributed by atoms with van der Waals surface area (Å²) in [5, 5.41) is 11.9. The molecule has 2 rings (SSSR count). The summed E-state index contributed by atoms with van der Waals surface area (Å²) < 4.78 is 0. The summed E-state index contributed by atoms with van der Waals surface area (Å²) in [7, 11) is 0. The number of carboxylic acid groups (broad SMARTS) is 1. The first-order chi connectivity index (χ1) is 10.0. The number of likely N-dealkylation sites (tertiary alicyclic amines) is 1. The number of aliphatic carboxylic acids is 1. The first-order valence-corrected chi connectivity index (χ1v) is 7.84. The van der Waals surface area contributed by atoms with Crippen LogP contribution in [-0.2, 0) is 14.4 Å². The number of hydrogen-bond acceptors (Lipinski definition) is 3. The van der Waals surface area contributed by atoms with E-state index in [1.165, 1.54) is 11.3 Å². The van der Waals surface area contributed by atoms with Gasteiger partial charge in [0.2, 0.25) is 11.8 Å². The fraction of sp³-hybridized carbons (Fsp3) is 0.800. The van der Waals surface area contributed by atoms with Gasteiger partial charge < -0.3 is 15.3 Å². The maximum absolute atomic E-state index is 12.3. The molecule has 0 bridgehead atoms. The Hall–Kier alpha value is -1.59. The van der Waals surface area contributed by atoms with E-state index in [0.717, 1.165) is 25.7 Å². The largest absolute Gasteiger partial charge is 0.480 e. The van der Waals surface area contributed by atoms with Crippen LogP contribution in [0.15, 0.2) is 0 Å². The van der Waals surface area contributed by atoms with E-state index in [9.17, 15) is 14.4 Å². The van der Waals surface area contributed by atoms with Crippen molar-refractivity contribution < 1.29 is 19.5 Å². The average molecular weight is 296 g/mol. The molecule has 1 saturated carbocycles. The molecular weight excluding hydrogens is 272 g/mol. The van der Waals surface area contributed by atoms with E-state index < -0.39 is 18.1 Å². The van der Waals surface area contributed by atoms with Crippen LogP contribution < -0.4 is 5.32 Å². The van der Waals surface area contributed by atoms with Crippen molar-refractivity contribution in [3.05, 3.63) is 0 Å². The van der Waals surface area contributed by atoms with E-state index in [4.69, 9.17) is 5.11 Å². The van der Waals surface area contributed by atoms with Crippen LogP contribution in [0.1, 0.15) is 51.9 Å². The highest BCUT2D eigenvalue weighted by molar-refractivity contribution is 5.91. The minimum absolute atomic E-state index is 0.00264. The van der Waals surface area contributed by atoms with Crippen molar-refractivity contribution in [1.29, 1.82) is 0 Å². The van der Waals surface area contributed by atoms with Crippen molar-refractivity contribution in [1.82, 2.24) is 10.2 Å². The van der Waals surface area contributed by atoms with E-state index in [0.29, 0.717) is 19.4 Å². The zero-order valence-corrected chi connectivity index (χ0v) is 12.5. The number of carbonyl (C=O) groups excluding carboxylic acids is 2. The molecule has 118 valence electrons. The van der Waals surface area contributed by atoms with Gasteiger partial charge in [-0.1, -0.05) is 19.3 Å². The Kier molecular flexibility index (Phi) is 5.20. The third-order valence-corrected chi connectivity index (χ3v) is 4.53. The molecule has 0 spiro atoms. The zero-order chi connectivity index (χ0) is 15.4. The van der Waals surface area contributed by atoms with Crippen LogP contribution in [0.2, 0.25) is 0 Å². The Morgan fingerprint density at radius 1 is 1.10 bits per heavy atom. The lowest BCUT2D eigenvalue weighted by molar-refractivity contribution is -0.149. The minimum Gasteiger partial charge on any atom is -0.480 e. The maximum atomic E-state index is 12.3. The number of amides is 2. The fourth-order valence-corrected chi connectivity index (χ4v) is 3.29. The lowest BCUT2D eigenvalue weighted by Crippen LogP contribution is -2.51. The summed E-state index contributed by atoms with van der Waals surface area (Å²) in [6.45, 7) is 2.10. The topological polar surface area (TPSA) is 86.7 Å². The Morgan fingerprint density at radius 3 is 2.38 bits per heavy atom. The van der Waals surface area contributed by atoms with Crippen molar-refractivity contribution in [2.45, 2.75) is 64.0 Å². The van der Waals surface area contributed by atoms with Crippen molar-refractivity contribution >= 4 is 17.8 Å². The Labute approximate surface area is 124 Å². The van der Waals surface area contributed by atoms with Crippen LogP contribution in [0.5, 0.6) is 0 Å². The second-order valence-electron chi connectivity index (χ2n) is 6.09. The molecule has 1 saturated heterocycles. The van der Waals surface area contributed by atoms with Gasteiger partial charge in [-0.25, -0.2) is 4.79 Å². The van der Waals surface area contributed by atoms with Gasteiger partial charge in [-0.15, -0.1) is 0 Å². The molecular formula is C15H24N2O4. The van der Waals surface area contributed by atoms with Crippen LogP contribution >= 0.6 is 0 Å². The summed E-state index contributed by atoms with van der Waals surface area (Å²) in [4.78, 5) is 37.0. The van der Waals surface area contributed by atoms with Gasteiger partial charge in [0.1, 0.15) is 12.1 Å². The molecule has 6 heteroatoms. The first-order valence-electron chi connectivity index (χ1n) is 7.84. The maximum Gasteiger partial charge on any atom is 0.326 e. The molecule has 6 nitrogen and oxygen atoms in total. The van der Waals surface area contributed by atoms with Gasteiger partial charge in [0.15, 0.2) is 0 Å². The van der Waals surface area contributed by atoms with Crippen molar-refractivity contribution in [3.8, 4) is 0 Å². The predicted molar refractivity (Wildman–Crippen MR) is 76.6 cm³/mol. The Morgan fingerprint density at radius 2 is 1.76 bits per heavy atom. The van der Waals surface area contributed by atoms with Crippen LogP contribution in [-0.4, -0.2) is 46.4 Å². The molecule has 2 amide bonds. The Bertz CT molecular complexity index is 418. The van der Waals surface area contributed by atoms with Gasteiger partial charge in [-0.2, -0.15) is 0 Å². The quantitative estimate of drug-likeness (QED) is 0.814. The summed E-state index contributed by atoms with van der Waals surface area (Å²) in [6, 6.07) is -1.40. The molecule has 0 radical (unpaired) electrons. The van der Waals surface area contributed by atoms with E-state index in [2.05, 4.69) is 5.32 Å². The normalized spacial score (nSPS) is 24.6. The van der Waals surface area contributed by atoms with E-state index in [-0.39, 0.29) is 17.7 Å². The smallest absolute Gasteiger partial charge is 0.326 e. The molecule has 0 aromatic rings. The number of carboxylic acids is 1. The lowest BCUT2D eigenvalue weighted by Gasteiger charge is -2.27. The number of rotatable bonds is 4. The second kappa shape index (κ2) is 6.91. The highest BCUT2D eigenvalue weighted by atomic mass is 16.4. The van der Waals surface area contributed by atoms with Gasteiger partial charge >= 0.3 is 5.97 Å². The summed E-state index contributed by atoms with van der Waals surface area (Å²) >= 11 is 0. The SMILES string of the molecule is C[C@H](NC(=O)C1CCCCC1)C(=O)N1CCC[C@H]1C(=O)O. The minimum atomic E-state index is -0.966. The van der Waals surface area contributed by atoms with Crippen molar-refractivity contribution in [2.24, 2.45) is 5.92 Å². The van der Waals surface area contributed by atoms with Crippen LogP contribution in [0.4, 0.5) is 0 Å². The second-order valence-corrected chi connectivity index (χ2v) is 6.09. The third kappa shape index (κ3) is 3.74. The van der Waals surface area contributed by atoms with Gasteiger partial charge in [0.25, 0.3) is 0 Å². The molecule has 1 aliphatic carbocycles. The third-order valence-electron chi connectivity index (χ3n) is 4.53. The van der Waals surface area contributed by atoms with Crippen molar-refractivity contribution in [3.63, 3.8) is 0 Å². The standard InChI is InChI=1S/C15H24N2O4/c1-10(16-13(18)11-6-3-2-4-7-11)14(19)17-9-5-8-12(17)15(20)21/h10-12H,2-9H2,1H3,(H,16,18)(H,20,21)/t10-,12-/m0/s1. The van der Waals surface area contributed by atoms with E-state index in [1.54, 1.807) is 6.92 Å². The average Bonchev–Trinajstić information content (AvgIpc) is 2.96. The molecule has 2 aliphatic rings. The van der Waals surface area contributed by atoms with E-state index >= 15 is 0 Å². The molecule has 2 fully saturated rings. The molecule has 21 heavy (non-hydrogen) atoms. The molecule has 0 unspecified atom stereocenters. The highest BCUT2D eigenvalue weighted by Crippen LogP contribution is 2.24. The molecule has 2 N–H and O–H groups in total. The molecule has 1 aliphatic heterocycles. The molecule has 2 atom stereocenters. The molecule has 1 heterocycles. The summed E-state index contributed by atoms with van der Waals surface area (Å²) in [5.41, 5.74) is 0. The fourth-order valence-electron chi connectivity index (χ4n) is 3.29. The van der Waals surface area contributed by atoms with Gasteiger partial charge in [0.05, 0.1) is 0 Å². The number of nitrogens with one attached hydrogen (secondary N) is 1. The monoisotopic (exact) mass is 296 g/mol. The number of carbonyl (C=O) groups is 3. The first kappa shape index (κ1) is 15.8. The van der Waals surface area contributed by atoms with E-state index in [1.807, 2.05) is 0 Å². The Balaban J connectivity index is 1.89. The lowest BCUT2D eigenvalue weighted by atomic mass is 9.88. The number of nitrogens with zero attached hydrogens (tertiary/aromatic N) is 1. The number of hydrogen-bond donors (Lipinski definition) is 2. The van der Waals surface area contributed by atoms with Gasteiger partial charge in [-0.3, -0.25) is 9.59 Å².